The van der Waals surface area contributed by atoms with Crippen LogP contribution < -0.4 is 5.32 Å². The zero-order chi connectivity index (χ0) is 16.0. The van der Waals surface area contributed by atoms with Crippen LogP contribution in [-0.4, -0.2) is 29.9 Å². The van der Waals surface area contributed by atoms with Crippen molar-refractivity contribution in [3.8, 4) is 0 Å². The number of nitrogens with one attached hydrogen (secondary N) is 1. The number of carbonyl (C=O) groups excluding carboxylic acids is 1. The van der Waals surface area contributed by atoms with Gasteiger partial charge in [-0.05, 0) is 81.9 Å². The second-order valence-corrected chi connectivity index (χ2v) is 8.36. The van der Waals surface area contributed by atoms with E-state index in [2.05, 4.69) is 17.3 Å². The van der Waals surface area contributed by atoms with Crippen LogP contribution in [0.25, 0.3) is 0 Å². The summed E-state index contributed by atoms with van der Waals surface area (Å²) in [6.07, 6.45) is 8.28. The van der Waals surface area contributed by atoms with Gasteiger partial charge in [0.1, 0.15) is 0 Å². The number of rotatable bonds is 4. The fraction of sp³-hybridized carbons (Fsp3) is 0.650. The molecule has 4 aliphatic carbocycles. The normalized spacial score (nSPS) is 34.8. The number of aryl methyl sites for hydroxylation is 1. The highest BCUT2D eigenvalue weighted by molar-refractivity contribution is 5.93. The molecule has 3 heteroatoms. The third-order valence-electron chi connectivity index (χ3n) is 6.62. The van der Waals surface area contributed by atoms with Crippen molar-refractivity contribution >= 4 is 11.6 Å². The lowest BCUT2D eigenvalue weighted by atomic mass is 9.52. The summed E-state index contributed by atoms with van der Waals surface area (Å²) >= 11 is 0. The van der Waals surface area contributed by atoms with E-state index < -0.39 is 0 Å². The lowest BCUT2D eigenvalue weighted by Crippen LogP contribution is -2.59. The van der Waals surface area contributed by atoms with E-state index in [-0.39, 0.29) is 5.91 Å². The Kier molecular flexibility index (Phi) is 3.72. The van der Waals surface area contributed by atoms with Crippen LogP contribution in [-0.2, 0) is 4.79 Å². The second-order valence-electron chi connectivity index (χ2n) is 8.36. The summed E-state index contributed by atoms with van der Waals surface area (Å²) in [7, 11) is 2.17. The van der Waals surface area contributed by atoms with Crippen LogP contribution in [0.3, 0.4) is 0 Å². The first kappa shape index (κ1) is 15.2. The number of amides is 1. The molecule has 3 nitrogen and oxygen atoms in total. The first-order chi connectivity index (χ1) is 11.0. The highest BCUT2D eigenvalue weighted by atomic mass is 16.2. The molecule has 0 heterocycles. The van der Waals surface area contributed by atoms with E-state index >= 15 is 0 Å². The first-order valence-electron chi connectivity index (χ1n) is 9.11. The van der Waals surface area contributed by atoms with Gasteiger partial charge in [0.2, 0.25) is 5.91 Å². The van der Waals surface area contributed by atoms with E-state index in [0.29, 0.717) is 12.1 Å². The first-order valence-corrected chi connectivity index (χ1v) is 9.11. The molecule has 0 unspecified atom stereocenters. The summed E-state index contributed by atoms with van der Waals surface area (Å²) in [6, 6.07) is 8.01. The molecular formula is C20H28N2O. The maximum atomic E-state index is 12.5. The molecule has 1 N–H and O–H groups in total. The van der Waals surface area contributed by atoms with Crippen molar-refractivity contribution in [1.29, 1.82) is 0 Å². The van der Waals surface area contributed by atoms with Crippen LogP contribution in [0.1, 0.15) is 44.1 Å². The van der Waals surface area contributed by atoms with Crippen LogP contribution in [0.5, 0.6) is 0 Å². The summed E-state index contributed by atoms with van der Waals surface area (Å²) in [5.41, 5.74) is 2.37. The number of anilines is 1. The molecule has 0 atom stereocenters. The fourth-order valence-electron chi connectivity index (χ4n) is 5.82. The Morgan fingerprint density at radius 1 is 1.13 bits per heavy atom. The topological polar surface area (TPSA) is 32.3 Å². The highest BCUT2D eigenvalue weighted by Crippen LogP contribution is 2.57. The monoisotopic (exact) mass is 312 g/mol. The molecule has 1 aromatic rings. The summed E-state index contributed by atoms with van der Waals surface area (Å²) in [4.78, 5) is 14.9. The van der Waals surface area contributed by atoms with E-state index in [0.717, 1.165) is 29.0 Å². The van der Waals surface area contributed by atoms with Crippen LogP contribution in [0.4, 0.5) is 5.69 Å². The van der Waals surface area contributed by atoms with Gasteiger partial charge in [0.15, 0.2) is 0 Å². The molecule has 4 saturated carbocycles. The summed E-state index contributed by atoms with van der Waals surface area (Å²) < 4.78 is 0. The van der Waals surface area contributed by atoms with E-state index in [4.69, 9.17) is 0 Å². The number of carbonyl (C=O) groups is 1. The predicted molar refractivity (Wildman–Crippen MR) is 93.3 cm³/mol. The van der Waals surface area contributed by atoms with Crippen LogP contribution in [0, 0.1) is 24.7 Å². The molecule has 1 aromatic carbocycles. The van der Waals surface area contributed by atoms with Crippen molar-refractivity contribution in [2.45, 2.75) is 51.0 Å². The number of likely N-dealkylation sites (N-methyl/N-ethyl adjacent to an activating group) is 1. The third kappa shape index (κ3) is 2.80. The van der Waals surface area contributed by atoms with Crippen molar-refractivity contribution in [1.82, 2.24) is 4.90 Å². The zero-order valence-corrected chi connectivity index (χ0v) is 14.3. The Balaban J connectivity index is 1.43. The van der Waals surface area contributed by atoms with Gasteiger partial charge in [0.25, 0.3) is 0 Å². The van der Waals surface area contributed by atoms with Gasteiger partial charge in [0, 0.05) is 11.2 Å². The average molecular weight is 312 g/mol. The van der Waals surface area contributed by atoms with Crippen molar-refractivity contribution in [2.24, 2.45) is 17.8 Å². The highest BCUT2D eigenvalue weighted by Gasteiger charge is 2.52. The van der Waals surface area contributed by atoms with Gasteiger partial charge >= 0.3 is 0 Å². The minimum absolute atomic E-state index is 0.123. The van der Waals surface area contributed by atoms with Crippen LogP contribution >= 0.6 is 0 Å². The summed E-state index contributed by atoms with van der Waals surface area (Å²) in [5.74, 6) is 2.88. The number of nitrogens with zero attached hydrogens (tertiary/aromatic N) is 1. The van der Waals surface area contributed by atoms with Crippen molar-refractivity contribution < 1.29 is 4.79 Å². The van der Waals surface area contributed by atoms with Crippen molar-refractivity contribution in [3.05, 3.63) is 29.8 Å². The Morgan fingerprint density at radius 2 is 1.70 bits per heavy atom. The number of hydrogen-bond donors (Lipinski definition) is 1. The van der Waals surface area contributed by atoms with Gasteiger partial charge < -0.3 is 5.32 Å². The molecule has 0 radical (unpaired) electrons. The Hall–Kier alpha value is -1.35. The van der Waals surface area contributed by atoms with Crippen LogP contribution in [0.15, 0.2) is 24.3 Å². The number of para-hydroxylation sites is 1. The standard InChI is InChI=1S/C20H28N2O/c1-14-5-3-4-6-18(14)21-19(23)13-22(2)20-10-15-7-16(11-20)9-17(8-15)12-20/h3-6,15-17H,7-13H2,1-2H3,(H,21,23). The minimum Gasteiger partial charge on any atom is -0.325 e. The lowest BCUT2D eigenvalue weighted by Gasteiger charge is -2.59. The molecular weight excluding hydrogens is 284 g/mol. The van der Waals surface area contributed by atoms with Gasteiger partial charge in [-0.1, -0.05) is 18.2 Å². The van der Waals surface area contributed by atoms with Gasteiger partial charge in [0.05, 0.1) is 6.54 Å². The number of hydrogen-bond acceptors (Lipinski definition) is 2. The Morgan fingerprint density at radius 3 is 2.26 bits per heavy atom. The molecule has 4 aliphatic rings. The van der Waals surface area contributed by atoms with Gasteiger partial charge in [-0.25, -0.2) is 0 Å². The third-order valence-corrected chi connectivity index (χ3v) is 6.62. The maximum absolute atomic E-state index is 12.5. The lowest BCUT2D eigenvalue weighted by molar-refractivity contribution is -0.123. The summed E-state index contributed by atoms with van der Waals surface area (Å²) in [6.45, 7) is 2.55. The van der Waals surface area contributed by atoms with Crippen molar-refractivity contribution in [3.63, 3.8) is 0 Å². The molecule has 0 spiro atoms. The van der Waals surface area contributed by atoms with Crippen LogP contribution in [0.2, 0.25) is 0 Å². The SMILES string of the molecule is Cc1ccccc1NC(=O)CN(C)C12CC3CC(CC(C3)C1)C2. The van der Waals surface area contributed by atoms with E-state index in [1.54, 1.807) is 0 Å². The van der Waals surface area contributed by atoms with Gasteiger partial charge in [-0.15, -0.1) is 0 Å². The van der Waals surface area contributed by atoms with E-state index in [1.165, 1.54) is 38.5 Å². The van der Waals surface area contributed by atoms with Gasteiger partial charge in [-0.2, -0.15) is 0 Å². The number of benzene rings is 1. The smallest absolute Gasteiger partial charge is 0.238 e. The largest absolute Gasteiger partial charge is 0.325 e. The van der Waals surface area contributed by atoms with E-state index in [9.17, 15) is 4.79 Å². The molecule has 0 saturated heterocycles. The minimum atomic E-state index is 0.123. The molecule has 0 aromatic heterocycles. The molecule has 124 valence electrons. The molecule has 4 bridgehead atoms. The van der Waals surface area contributed by atoms with Crippen molar-refractivity contribution in [2.75, 3.05) is 18.9 Å². The molecule has 4 fully saturated rings. The molecule has 1 amide bonds. The average Bonchev–Trinajstić information content (AvgIpc) is 2.48. The molecule has 0 aliphatic heterocycles. The molecule has 5 rings (SSSR count). The maximum Gasteiger partial charge on any atom is 0.238 e. The predicted octanol–water partition coefficient (Wildman–Crippen LogP) is 3.83. The zero-order valence-electron chi connectivity index (χ0n) is 14.3. The Bertz CT molecular complexity index is 574. The quantitative estimate of drug-likeness (QED) is 0.916. The molecule has 23 heavy (non-hydrogen) atoms. The van der Waals surface area contributed by atoms with Gasteiger partial charge in [-0.3, -0.25) is 9.69 Å². The summed E-state index contributed by atoms with van der Waals surface area (Å²) in [5, 5.41) is 3.09. The second kappa shape index (κ2) is 5.62. The fourth-order valence-corrected chi connectivity index (χ4v) is 5.82. The van der Waals surface area contributed by atoms with E-state index in [1.807, 2.05) is 31.2 Å². The Labute approximate surface area is 139 Å².